The SMILES string of the molecule is O=C(Cc1cccc(-c2cnc3cc(-c4ccc(N5CCNC(=O)C5)nn4)ccn23)c1)NCC(F)(F)F. The smallest absolute Gasteiger partial charge is 0.353 e. The van der Waals surface area contributed by atoms with Crippen LogP contribution >= 0.6 is 0 Å². The number of halogens is 3. The molecule has 0 radical (unpaired) electrons. The van der Waals surface area contributed by atoms with Gasteiger partial charge < -0.3 is 15.5 Å². The molecule has 1 aliphatic rings. The van der Waals surface area contributed by atoms with Crippen LogP contribution in [0.3, 0.4) is 0 Å². The molecule has 5 rings (SSSR count). The molecule has 3 aromatic heterocycles. The van der Waals surface area contributed by atoms with E-state index in [-0.39, 0.29) is 18.9 Å². The summed E-state index contributed by atoms with van der Waals surface area (Å²) in [5.41, 5.74) is 4.27. The molecule has 12 heteroatoms. The first-order valence-corrected chi connectivity index (χ1v) is 11.5. The number of nitrogens with zero attached hydrogens (tertiary/aromatic N) is 5. The van der Waals surface area contributed by atoms with Gasteiger partial charge in [0.25, 0.3) is 0 Å². The van der Waals surface area contributed by atoms with E-state index in [2.05, 4.69) is 20.5 Å². The highest BCUT2D eigenvalue weighted by Crippen LogP contribution is 2.26. The van der Waals surface area contributed by atoms with Gasteiger partial charge in [0.1, 0.15) is 12.2 Å². The number of aromatic nitrogens is 4. The number of rotatable bonds is 6. The Morgan fingerprint density at radius 3 is 2.70 bits per heavy atom. The van der Waals surface area contributed by atoms with Gasteiger partial charge in [0.2, 0.25) is 11.8 Å². The van der Waals surface area contributed by atoms with Crippen molar-refractivity contribution in [3.63, 3.8) is 0 Å². The molecule has 0 aliphatic carbocycles. The summed E-state index contributed by atoms with van der Waals surface area (Å²) in [5, 5.41) is 13.3. The van der Waals surface area contributed by atoms with Crippen molar-refractivity contribution in [2.45, 2.75) is 12.6 Å². The summed E-state index contributed by atoms with van der Waals surface area (Å²) in [6.45, 7) is 0.122. The number of piperazine rings is 1. The van der Waals surface area contributed by atoms with Gasteiger partial charge in [-0.2, -0.15) is 13.2 Å². The lowest BCUT2D eigenvalue weighted by molar-refractivity contribution is -0.138. The lowest BCUT2D eigenvalue weighted by Gasteiger charge is -2.27. The molecule has 9 nitrogen and oxygen atoms in total. The molecule has 0 saturated carbocycles. The first-order chi connectivity index (χ1) is 17.7. The van der Waals surface area contributed by atoms with Gasteiger partial charge in [0.15, 0.2) is 5.82 Å². The van der Waals surface area contributed by atoms with Crippen LogP contribution in [0, 0.1) is 0 Å². The van der Waals surface area contributed by atoms with Crippen molar-refractivity contribution in [2.24, 2.45) is 0 Å². The second kappa shape index (κ2) is 9.88. The van der Waals surface area contributed by atoms with Gasteiger partial charge >= 0.3 is 6.18 Å². The Kier molecular flexibility index (Phi) is 6.47. The third kappa shape index (κ3) is 5.68. The normalized spacial score (nSPS) is 14.0. The molecule has 0 bridgehead atoms. The number of amides is 2. The molecule has 1 aromatic carbocycles. The van der Waals surface area contributed by atoms with E-state index in [9.17, 15) is 22.8 Å². The van der Waals surface area contributed by atoms with Gasteiger partial charge in [-0.05, 0) is 35.9 Å². The van der Waals surface area contributed by atoms with Crippen molar-refractivity contribution in [3.05, 3.63) is 66.5 Å². The molecular weight excluding hydrogens is 487 g/mol. The number of benzene rings is 1. The van der Waals surface area contributed by atoms with Crippen LogP contribution in [-0.2, 0) is 16.0 Å². The number of alkyl halides is 3. The van der Waals surface area contributed by atoms with Crippen LogP contribution in [0.4, 0.5) is 19.0 Å². The number of imidazole rings is 1. The molecule has 190 valence electrons. The van der Waals surface area contributed by atoms with Crippen molar-refractivity contribution >= 4 is 23.3 Å². The zero-order valence-corrected chi connectivity index (χ0v) is 19.5. The summed E-state index contributed by atoms with van der Waals surface area (Å²) < 4.78 is 38.9. The molecule has 0 spiro atoms. The fourth-order valence-corrected chi connectivity index (χ4v) is 4.12. The molecule has 4 heterocycles. The maximum absolute atomic E-state index is 12.4. The Balaban J connectivity index is 1.33. The highest BCUT2D eigenvalue weighted by Gasteiger charge is 2.27. The van der Waals surface area contributed by atoms with Gasteiger partial charge in [-0.1, -0.05) is 18.2 Å². The van der Waals surface area contributed by atoms with Crippen molar-refractivity contribution in [1.29, 1.82) is 0 Å². The van der Waals surface area contributed by atoms with Crippen molar-refractivity contribution in [2.75, 3.05) is 31.1 Å². The number of anilines is 1. The topological polar surface area (TPSA) is 105 Å². The molecule has 1 fully saturated rings. The molecule has 2 amide bonds. The highest BCUT2D eigenvalue weighted by atomic mass is 19.4. The van der Waals surface area contributed by atoms with Crippen LogP contribution in [0.1, 0.15) is 5.56 Å². The van der Waals surface area contributed by atoms with Crippen LogP contribution in [-0.4, -0.2) is 63.8 Å². The molecular formula is C25H22F3N7O2. The first kappa shape index (κ1) is 24.2. The number of hydrogen-bond acceptors (Lipinski definition) is 6. The number of nitrogens with one attached hydrogen (secondary N) is 2. The third-order valence-corrected chi connectivity index (χ3v) is 5.90. The predicted octanol–water partition coefficient (Wildman–Crippen LogP) is 2.62. The molecule has 0 atom stereocenters. The van der Waals surface area contributed by atoms with E-state index in [0.717, 1.165) is 16.8 Å². The molecule has 2 N–H and O–H groups in total. The lowest BCUT2D eigenvalue weighted by Crippen LogP contribution is -2.48. The van der Waals surface area contributed by atoms with Crippen LogP contribution in [0.5, 0.6) is 0 Å². The number of pyridine rings is 1. The summed E-state index contributed by atoms with van der Waals surface area (Å²) in [6.07, 6.45) is -1.08. The molecule has 4 aromatic rings. The predicted molar refractivity (Wildman–Crippen MR) is 130 cm³/mol. The summed E-state index contributed by atoms with van der Waals surface area (Å²) in [5.74, 6) is -0.115. The number of hydrogen-bond donors (Lipinski definition) is 2. The standard InChI is InChI=1S/C25H22F3N7O2/c26-25(27,28)15-31-23(36)11-16-2-1-3-18(10-16)20-13-30-22-12-17(6-8-35(20)22)19-4-5-21(33-32-19)34-9-7-29-24(37)14-34/h1-6,8,10,12-13H,7,9,11,14-15H2,(H,29,37)(H,31,36). The van der Waals surface area contributed by atoms with Crippen LogP contribution in [0.25, 0.3) is 28.2 Å². The van der Waals surface area contributed by atoms with Gasteiger partial charge in [-0.25, -0.2) is 4.98 Å². The van der Waals surface area contributed by atoms with E-state index in [1.165, 1.54) is 0 Å². The van der Waals surface area contributed by atoms with Gasteiger partial charge in [-0.15, -0.1) is 10.2 Å². The Morgan fingerprint density at radius 2 is 1.95 bits per heavy atom. The summed E-state index contributed by atoms with van der Waals surface area (Å²) >= 11 is 0. The van der Waals surface area contributed by atoms with Crippen LogP contribution in [0.15, 0.2) is 60.9 Å². The minimum atomic E-state index is -4.45. The van der Waals surface area contributed by atoms with Crippen molar-refractivity contribution in [3.8, 4) is 22.5 Å². The highest BCUT2D eigenvalue weighted by molar-refractivity contribution is 5.82. The number of carbonyl (C=O) groups is 2. The van der Waals surface area contributed by atoms with E-state index in [1.807, 2.05) is 51.1 Å². The van der Waals surface area contributed by atoms with E-state index >= 15 is 0 Å². The second-order valence-corrected chi connectivity index (χ2v) is 8.60. The van der Waals surface area contributed by atoms with Crippen LogP contribution < -0.4 is 15.5 Å². The largest absolute Gasteiger partial charge is 0.405 e. The van der Waals surface area contributed by atoms with Crippen molar-refractivity contribution < 1.29 is 22.8 Å². The fourth-order valence-electron chi connectivity index (χ4n) is 4.12. The number of fused-ring (bicyclic) bond motifs is 1. The summed E-state index contributed by atoms with van der Waals surface area (Å²) in [6, 6.07) is 14.5. The molecule has 37 heavy (non-hydrogen) atoms. The first-order valence-electron chi connectivity index (χ1n) is 11.5. The maximum atomic E-state index is 12.4. The summed E-state index contributed by atoms with van der Waals surface area (Å²) in [4.78, 5) is 29.9. The molecule has 0 unspecified atom stereocenters. The average Bonchev–Trinajstić information content (AvgIpc) is 3.31. The number of carbonyl (C=O) groups excluding carboxylic acids is 2. The zero-order chi connectivity index (χ0) is 26.0. The van der Waals surface area contributed by atoms with E-state index in [1.54, 1.807) is 24.4 Å². The summed E-state index contributed by atoms with van der Waals surface area (Å²) in [7, 11) is 0. The Bertz CT molecular complexity index is 1450. The zero-order valence-electron chi connectivity index (χ0n) is 19.5. The van der Waals surface area contributed by atoms with Crippen molar-refractivity contribution in [1.82, 2.24) is 30.2 Å². The quantitative estimate of drug-likeness (QED) is 0.414. The lowest BCUT2D eigenvalue weighted by atomic mass is 10.1. The van der Waals surface area contributed by atoms with E-state index in [0.29, 0.717) is 35.8 Å². The molecule has 1 aliphatic heterocycles. The minimum Gasteiger partial charge on any atom is -0.353 e. The maximum Gasteiger partial charge on any atom is 0.405 e. The fraction of sp³-hybridized carbons (Fsp3) is 0.240. The van der Waals surface area contributed by atoms with Gasteiger partial charge in [-0.3, -0.25) is 14.0 Å². The Hall–Kier alpha value is -4.48. The minimum absolute atomic E-state index is 0.0482. The van der Waals surface area contributed by atoms with Gasteiger partial charge in [0.05, 0.1) is 30.6 Å². The third-order valence-electron chi connectivity index (χ3n) is 5.90. The monoisotopic (exact) mass is 509 g/mol. The Labute approximate surface area is 209 Å². The van der Waals surface area contributed by atoms with E-state index < -0.39 is 18.6 Å². The van der Waals surface area contributed by atoms with Crippen LogP contribution in [0.2, 0.25) is 0 Å². The van der Waals surface area contributed by atoms with E-state index in [4.69, 9.17) is 0 Å². The Morgan fingerprint density at radius 1 is 1.08 bits per heavy atom. The average molecular weight is 509 g/mol. The molecule has 1 saturated heterocycles. The second-order valence-electron chi connectivity index (χ2n) is 8.60. The van der Waals surface area contributed by atoms with Gasteiger partial charge in [0, 0.05) is 30.4 Å².